The Balaban J connectivity index is 1.69. The van der Waals surface area contributed by atoms with Gasteiger partial charge in [-0.3, -0.25) is 4.99 Å². The van der Waals surface area contributed by atoms with E-state index in [1.807, 2.05) is 18.2 Å². The van der Waals surface area contributed by atoms with Crippen molar-refractivity contribution in [2.75, 3.05) is 0 Å². The lowest BCUT2D eigenvalue weighted by Crippen LogP contribution is -2.32. The van der Waals surface area contributed by atoms with Crippen LogP contribution in [-0.4, -0.2) is 24.4 Å². The molecule has 23 heavy (non-hydrogen) atoms. The minimum absolute atomic E-state index is 0.0622. The summed E-state index contributed by atoms with van der Waals surface area (Å²) in [6.07, 6.45) is 5.34. The van der Waals surface area contributed by atoms with Crippen molar-refractivity contribution < 1.29 is 0 Å². The van der Waals surface area contributed by atoms with Crippen molar-refractivity contribution in [3.05, 3.63) is 83.6 Å². The highest BCUT2D eigenvalue weighted by atomic mass is 15.1. The van der Waals surface area contributed by atoms with E-state index < -0.39 is 0 Å². The number of rotatable bonds is 4. The first-order valence-electron chi connectivity index (χ1n) is 7.62. The predicted octanol–water partition coefficient (Wildman–Crippen LogP) is 3.14. The first-order valence-corrected chi connectivity index (χ1v) is 7.62. The van der Waals surface area contributed by atoms with E-state index in [9.17, 15) is 0 Å². The van der Waals surface area contributed by atoms with Crippen LogP contribution >= 0.6 is 0 Å². The number of nitrogens with one attached hydrogen (secondary N) is 1. The van der Waals surface area contributed by atoms with Gasteiger partial charge in [-0.15, -0.1) is 0 Å². The maximum atomic E-state index is 4.41. The van der Waals surface area contributed by atoms with Crippen LogP contribution in [0.15, 0.2) is 87.4 Å². The lowest BCUT2D eigenvalue weighted by molar-refractivity contribution is 0.663. The molecule has 2 aromatic rings. The summed E-state index contributed by atoms with van der Waals surface area (Å²) in [5.41, 5.74) is 3.44. The highest BCUT2D eigenvalue weighted by Gasteiger charge is 2.26. The van der Waals surface area contributed by atoms with Gasteiger partial charge in [0.15, 0.2) is 11.9 Å². The van der Waals surface area contributed by atoms with Crippen molar-refractivity contribution in [3.8, 4) is 0 Å². The molecule has 2 aliphatic rings. The molecular formula is C19H16N4. The van der Waals surface area contributed by atoms with Gasteiger partial charge >= 0.3 is 0 Å². The molecule has 4 heteroatoms. The Labute approximate surface area is 135 Å². The molecule has 2 heterocycles. The molecule has 0 radical (unpaired) electrons. The third kappa shape index (κ3) is 2.71. The average Bonchev–Trinajstić information content (AvgIpc) is 3.11. The molecule has 0 aromatic heterocycles. The fraction of sp³-hybridized carbons (Fsp3) is 0.105. The summed E-state index contributed by atoms with van der Waals surface area (Å²) < 4.78 is 0. The van der Waals surface area contributed by atoms with E-state index in [4.69, 9.17) is 0 Å². The van der Waals surface area contributed by atoms with E-state index in [-0.39, 0.29) is 12.1 Å². The van der Waals surface area contributed by atoms with E-state index in [0.717, 1.165) is 11.5 Å². The van der Waals surface area contributed by atoms with Gasteiger partial charge in [0.05, 0.1) is 6.04 Å². The van der Waals surface area contributed by atoms with Gasteiger partial charge in [0, 0.05) is 11.9 Å². The van der Waals surface area contributed by atoms with Crippen LogP contribution in [0.25, 0.3) is 0 Å². The summed E-state index contributed by atoms with van der Waals surface area (Å²) in [5, 5.41) is 3.64. The molecule has 0 bridgehead atoms. The standard InChI is InChI=1S/C19H16N4/c1-3-7-14(8-4-1)17(15-9-5-2-6-10-15)23-16-11-12-20-19-18(16)21-13-22-19/h1-13,17-18,23H. The lowest BCUT2D eigenvalue weighted by Gasteiger charge is -2.25. The fourth-order valence-electron chi connectivity index (χ4n) is 2.85. The van der Waals surface area contributed by atoms with Crippen molar-refractivity contribution >= 4 is 18.4 Å². The van der Waals surface area contributed by atoms with Gasteiger partial charge in [-0.2, -0.15) is 0 Å². The maximum absolute atomic E-state index is 4.41. The molecule has 112 valence electrons. The van der Waals surface area contributed by atoms with Gasteiger partial charge in [-0.05, 0) is 17.2 Å². The molecule has 0 aliphatic carbocycles. The molecule has 0 fully saturated rings. The second-order valence-corrected chi connectivity index (χ2v) is 5.45. The SMILES string of the molecule is C1=NC2=NC=NC2C(NC(c2ccccc2)c2ccccc2)=C1. The number of hydrogen-bond acceptors (Lipinski definition) is 4. The number of aliphatic imine (C=N–C) groups is 3. The molecule has 4 nitrogen and oxygen atoms in total. The van der Waals surface area contributed by atoms with E-state index in [0.29, 0.717) is 0 Å². The molecule has 2 aliphatic heterocycles. The van der Waals surface area contributed by atoms with Crippen LogP contribution in [0.3, 0.4) is 0 Å². The van der Waals surface area contributed by atoms with Crippen molar-refractivity contribution in [1.82, 2.24) is 5.32 Å². The first-order chi connectivity index (χ1) is 11.4. The minimum Gasteiger partial charge on any atom is -0.375 e. The molecule has 0 spiro atoms. The maximum Gasteiger partial charge on any atom is 0.160 e. The van der Waals surface area contributed by atoms with Crippen LogP contribution in [0.4, 0.5) is 0 Å². The van der Waals surface area contributed by atoms with E-state index in [2.05, 4.69) is 68.8 Å². The largest absolute Gasteiger partial charge is 0.375 e. The second kappa shape index (κ2) is 6.01. The summed E-state index contributed by atoms with van der Waals surface area (Å²) in [6.45, 7) is 0. The topological polar surface area (TPSA) is 49.1 Å². The summed E-state index contributed by atoms with van der Waals surface area (Å²) in [5.74, 6) is 0.745. The smallest absolute Gasteiger partial charge is 0.160 e. The summed E-state index contributed by atoms with van der Waals surface area (Å²) in [6, 6.07) is 20.8. The zero-order valence-electron chi connectivity index (χ0n) is 12.5. The first kappa shape index (κ1) is 13.6. The van der Waals surface area contributed by atoms with Gasteiger partial charge in [-0.25, -0.2) is 9.98 Å². The minimum atomic E-state index is -0.116. The van der Waals surface area contributed by atoms with Crippen LogP contribution in [0.1, 0.15) is 17.2 Å². The molecular weight excluding hydrogens is 284 g/mol. The van der Waals surface area contributed by atoms with Gasteiger partial charge in [0.1, 0.15) is 6.34 Å². The summed E-state index contributed by atoms with van der Waals surface area (Å²) in [4.78, 5) is 12.9. The highest BCUT2D eigenvalue weighted by molar-refractivity contribution is 6.06. The number of nitrogens with zero attached hydrogens (tertiary/aromatic N) is 3. The van der Waals surface area contributed by atoms with Crippen molar-refractivity contribution in [2.24, 2.45) is 15.0 Å². The number of amidine groups is 1. The third-order valence-corrected chi connectivity index (χ3v) is 3.98. The van der Waals surface area contributed by atoms with Crippen LogP contribution in [0, 0.1) is 0 Å². The molecule has 0 saturated carbocycles. The van der Waals surface area contributed by atoms with Crippen molar-refractivity contribution in [3.63, 3.8) is 0 Å². The Morgan fingerprint density at radius 2 is 1.52 bits per heavy atom. The Morgan fingerprint density at radius 1 is 0.870 bits per heavy atom. The molecule has 1 unspecified atom stereocenters. The monoisotopic (exact) mass is 300 g/mol. The average molecular weight is 300 g/mol. The number of dihydropyridines is 1. The molecule has 1 N–H and O–H groups in total. The number of fused-ring (bicyclic) bond motifs is 1. The third-order valence-electron chi connectivity index (χ3n) is 3.98. The number of benzene rings is 2. The van der Waals surface area contributed by atoms with Crippen LogP contribution in [-0.2, 0) is 0 Å². The quantitative estimate of drug-likeness (QED) is 0.926. The Bertz CT molecular complexity index is 764. The van der Waals surface area contributed by atoms with Gasteiger partial charge in [-0.1, -0.05) is 60.7 Å². The van der Waals surface area contributed by atoms with Crippen LogP contribution < -0.4 is 5.32 Å². The van der Waals surface area contributed by atoms with Crippen LogP contribution in [0.2, 0.25) is 0 Å². The van der Waals surface area contributed by atoms with E-state index >= 15 is 0 Å². The number of hydrogen-bond donors (Lipinski definition) is 1. The lowest BCUT2D eigenvalue weighted by atomic mass is 9.97. The van der Waals surface area contributed by atoms with Crippen LogP contribution in [0.5, 0.6) is 0 Å². The Morgan fingerprint density at radius 3 is 2.17 bits per heavy atom. The Hall–Kier alpha value is -3.01. The van der Waals surface area contributed by atoms with E-state index in [1.54, 1.807) is 12.6 Å². The van der Waals surface area contributed by atoms with Crippen molar-refractivity contribution in [1.29, 1.82) is 0 Å². The molecule has 4 rings (SSSR count). The molecule has 0 saturated heterocycles. The predicted molar refractivity (Wildman–Crippen MR) is 94.2 cm³/mol. The van der Waals surface area contributed by atoms with E-state index in [1.165, 1.54) is 11.1 Å². The molecule has 1 atom stereocenters. The van der Waals surface area contributed by atoms with Gasteiger partial charge in [0.2, 0.25) is 0 Å². The summed E-state index contributed by atoms with van der Waals surface area (Å²) in [7, 11) is 0. The summed E-state index contributed by atoms with van der Waals surface area (Å²) >= 11 is 0. The number of allylic oxidation sites excluding steroid dienone is 1. The Kier molecular flexibility index (Phi) is 3.56. The highest BCUT2D eigenvalue weighted by Crippen LogP contribution is 2.25. The zero-order valence-corrected chi connectivity index (χ0v) is 12.5. The normalized spacial score (nSPS) is 18.6. The molecule has 0 amide bonds. The second-order valence-electron chi connectivity index (χ2n) is 5.45. The van der Waals surface area contributed by atoms with Crippen molar-refractivity contribution in [2.45, 2.75) is 12.1 Å². The zero-order chi connectivity index (χ0) is 15.5. The molecule has 2 aromatic carbocycles. The van der Waals surface area contributed by atoms with Gasteiger partial charge in [0.25, 0.3) is 0 Å². The fourth-order valence-corrected chi connectivity index (χ4v) is 2.85. The van der Waals surface area contributed by atoms with Gasteiger partial charge < -0.3 is 5.32 Å².